The van der Waals surface area contributed by atoms with Gasteiger partial charge in [-0.25, -0.2) is 13.1 Å². The summed E-state index contributed by atoms with van der Waals surface area (Å²) < 4.78 is 27.1. The standard InChI is InChI=1S/C17H19ClN2O3S/c1-13(21)19-11-10-14-4-8-17(9-5-14)24(22,23)20-12-15-2-6-16(18)7-3-15/h2-9,20H,10-12H2,1H3,(H,19,21). The van der Waals surface area contributed by atoms with Crippen molar-refractivity contribution in [3.05, 3.63) is 64.7 Å². The molecule has 0 bridgehead atoms. The smallest absolute Gasteiger partial charge is 0.240 e. The van der Waals surface area contributed by atoms with Gasteiger partial charge >= 0.3 is 0 Å². The van der Waals surface area contributed by atoms with Gasteiger partial charge in [-0.15, -0.1) is 0 Å². The van der Waals surface area contributed by atoms with Gasteiger partial charge in [-0.3, -0.25) is 4.79 Å². The minimum Gasteiger partial charge on any atom is -0.356 e. The minimum absolute atomic E-state index is 0.0828. The predicted molar refractivity (Wildman–Crippen MR) is 94.3 cm³/mol. The lowest BCUT2D eigenvalue weighted by molar-refractivity contribution is -0.118. The fourth-order valence-corrected chi connectivity index (χ4v) is 3.23. The molecule has 5 nitrogen and oxygen atoms in total. The maximum Gasteiger partial charge on any atom is 0.240 e. The molecule has 0 saturated heterocycles. The molecule has 0 aliphatic carbocycles. The van der Waals surface area contributed by atoms with Crippen LogP contribution in [-0.4, -0.2) is 20.9 Å². The highest BCUT2D eigenvalue weighted by Crippen LogP contribution is 2.13. The number of sulfonamides is 1. The van der Waals surface area contributed by atoms with E-state index in [9.17, 15) is 13.2 Å². The van der Waals surface area contributed by atoms with E-state index in [1.807, 2.05) is 0 Å². The first-order valence-corrected chi connectivity index (χ1v) is 9.30. The Kier molecular flexibility index (Phi) is 6.36. The molecular weight excluding hydrogens is 348 g/mol. The molecule has 0 heterocycles. The van der Waals surface area contributed by atoms with Gasteiger partial charge in [0.1, 0.15) is 0 Å². The molecule has 2 rings (SSSR count). The topological polar surface area (TPSA) is 75.3 Å². The molecule has 0 aromatic heterocycles. The first-order chi connectivity index (χ1) is 11.4. The van der Waals surface area contributed by atoms with Crippen molar-refractivity contribution in [3.8, 4) is 0 Å². The van der Waals surface area contributed by atoms with Crippen LogP contribution in [0.2, 0.25) is 5.02 Å². The molecule has 128 valence electrons. The van der Waals surface area contributed by atoms with E-state index < -0.39 is 10.0 Å². The predicted octanol–water partition coefficient (Wildman–Crippen LogP) is 2.50. The Bertz CT molecular complexity index is 788. The molecule has 7 heteroatoms. The van der Waals surface area contributed by atoms with Gasteiger partial charge < -0.3 is 5.32 Å². The fraction of sp³-hybridized carbons (Fsp3) is 0.235. The number of benzene rings is 2. The summed E-state index contributed by atoms with van der Waals surface area (Å²) in [6, 6.07) is 13.6. The van der Waals surface area contributed by atoms with Gasteiger partial charge in [0.25, 0.3) is 0 Å². The van der Waals surface area contributed by atoms with E-state index in [0.29, 0.717) is 18.0 Å². The first kappa shape index (κ1) is 18.4. The van der Waals surface area contributed by atoms with E-state index in [2.05, 4.69) is 10.0 Å². The number of nitrogens with one attached hydrogen (secondary N) is 2. The van der Waals surface area contributed by atoms with Crippen molar-refractivity contribution in [2.45, 2.75) is 24.8 Å². The molecule has 0 unspecified atom stereocenters. The van der Waals surface area contributed by atoms with Crippen LogP contribution < -0.4 is 10.0 Å². The fourth-order valence-electron chi connectivity index (χ4n) is 2.08. The molecule has 0 radical (unpaired) electrons. The quantitative estimate of drug-likeness (QED) is 0.790. The lowest BCUT2D eigenvalue weighted by atomic mass is 10.1. The summed E-state index contributed by atoms with van der Waals surface area (Å²) >= 11 is 5.80. The Labute approximate surface area is 147 Å². The maximum absolute atomic E-state index is 12.3. The van der Waals surface area contributed by atoms with Gasteiger partial charge in [0.2, 0.25) is 15.9 Å². The number of carbonyl (C=O) groups is 1. The normalized spacial score (nSPS) is 11.2. The summed E-state index contributed by atoms with van der Waals surface area (Å²) in [5.41, 5.74) is 1.79. The van der Waals surface area contributed by atoms with Crippen molar-refractivity contribution in [1.82, 2.24) is 10.0 Å². The third-order valence-corrected chi connectivity index (χ3v) is 5.07. The largest absolute Gasteiger partial charge is 0.356 e. The van der Waals surface area contributed by atoms with Crippen molar-refractivity contribution < 1.29 is 13.2 Å². The third-order valence-electron chi connectivity index (χ3n) is 3.40. The molecule has 0 aliphatic heterocycles. The summed E-state index contributed by atoms with van der Waals surface area (Å²) in [5, 5.41) is 3.31. The van der Waals surface area contributed by atoms with Gasteiger partial charge in [0.05, 0.1) is 4.90 Å². The molecule has 2 aromatic rings. The van der Waals surface area contributed by atoms with Crippen LogP contribution in [0.3, 0.4) is 0 Å². The van der Waals surface area contributed by atoms with Crippen LogP contribution in [0.5, 0.6) is 0 Å². The van der Waals surface area contributed by atoms with Crippen molar-refractivity contribution >= 4 is 27.5 Å². The minimum atomic E-state index is -3.57. The second-order valence-corrected chi connectivity index (χ2v) is 7.53. The van der Waals surface area contributed by atoms with E-state index in [4.69, 9.17) is 11.6 Å². The van der Waals surface area contributed by atoms with Crippen LogP contribution in [0.1, 0.15) is 18.1 Å². The zero-order valence-corrected chi connectivity index (χ0v) is 14.8. The summed E-state index contributed by atoms with van der Waals surface area (Å²) in [5.74, 6) is -0.0828. The van der Waals surface area contributed by atoms with Crippen LogP contribution >= 0.6 is 11.6 Å². The molecule has 2 N–H and O–H groups in total. The Morgan fingerprint density at radius 1 is 1.00 bits per heavy atom. The second kappa shape index (κ2) is 8.28. The number of rotatable bonds is 7. The molecule has 24 heavy (non-hydrogen) atoms. The second-order valence-electron chi connectivity index (χ2n) is 5.33. The van der Waals surface area contributed by atoms with E-state index in [1.54, 1.807) is 48.5 Å². The molecule has 0 saturated carbocycles. The Morgan fingerprint density at radius 2 is 1.58 bits per heavy atom. The van der Waals surface area contributed by atoms with Crippen LogP contribution in [-0.2, 0) is 27.8 Å². The summed E-state index contributed by atoms with van der Waals surface area (Å²) in [6.07, 6.45) is 0.651. The van der Waals surface area contributed by atoms with Crippen LogP contribution in [0.4, 0.5) is 0 Å². The molecule has 0 fully saturated rings. The number of carbonyl (C=O) groups excluding carboxylic acids is 1. The summed E-state index contributed by atoms with van der Waals surface area (Å²) in [4.78, 5) is 11.0. The van der Waals surface area contributed by atoms with Crippen LogP contribution in [0, 0.1) is 0 Å². The Hall–Kier alpha value is -1.89. The SMILES string of the molecule is CC(=O)NCCc1ccc(S(=O)(=O)NCc2ccc(Cl)cc2)cc1. The number of amides is 1. The van der Waals surface area contributed by atoms with E-state index in [-0.39, 0.29) is 17.3 Å². The van der Waals surface area contributed by atoms with Gasteiger partial charge in [-0.2, -0.15) is 0 Å². The highest BCUT2D eigenvalue weighted by atomic mass is 35.5. The summed E-state index contributed by atoms with van der Waals surface area (Å²) in [6.45, 7) is 2.18. The number of hydrogen-bond acceptors (Lipinski definition) is 3. The first-order valence-electron chi connectivity index (χ1n) is 7.44. The monoisotopic (exact) mass is 366 g/mol. The molecular formula is C17H19ClN2O3S. The van der Waals surface area contributed by atoms with Gasteiger partial charge in [0.15, 0.2) is 0 Å². The number of halogens is 1. The van der Waals surface area contributed by atoms with Crippen LogP contribution in [0.15, 0.2) is 53.4 Å². The average molecular weight is 367 g/mol. The van der Waals surface area contributed by atoms with Gasteiger partial charge in [0, 0.05) is 25.0 Å². The zero-order valence-electron chi connectivity index (χ0n) is 13.3. The van der Waals surface area contributed by atoms with E-state index >= 15 is 0 Å². The maximum atomic E-state index is 12.3. The van der Waals surface area contributed by atoms with Crippen molar-refractivity contribution in [2.75, 3.05) is 6.54 Å². The van der Waals surface area contributed by atoms with Crippen LogP contribution in [0.25, 0.3) is 0 Å². The molecule has 2 aromatic carbocycles. The summed E-state index contributed by atoms with van der Waals surface area (Å²) in [7, 11) is -3.57. The molecule has 0 atom stereocenters. The van der Waals surface area contributed by atoms with Crippen molar-refractivity contribution in [1.29, 1.82) is 0 Å². The highest BCUT2D eigenvalue weighted by molar-refractivity contribution is 7.89. The highest BCUT2D eigenvalue weighted by Gasteiger charge is 2.13. The third kappa shape index (κ3) is 5.63. The van der Waals surface area contributed by atoms with Gasteiger partial charge in [-0.1, -0.05) is 35.9 Å². The number of hydrogen-bond donors (Lipinski definition) is 2. The van der Waals surface area contributed by atoms with Crippen molar-refractivity contribution in [2.24, 2.45) is 0 Å². The Balaban J connectivity index is 1.96. The lowest BCUT2D eigenvalue weighted by Gasteiger charge is -2.08. The lowest BCUT2D eigenvalue weighted by Crippen LogP contribution is -2.23. The van der Waals surface area contributed by atoms with E-state index in [1.165, 1.54) is 6.92 Å². The molecule has 0 aliphatic rings. The zero-order chi connectivity index (χ0) is 17.6. The van der Waals surface area contributed by atoms with Gasteiger partial charge in [-0.05, 0) is 41.8 Å². The molecule has 0 spiro atoms. The van der Waals surface area contributed by atoms with E-state index in [0.717, 1.165) is 11.1 Å². The Morgan fingerprint density at radius 3 is 2.17 bits per heavy atom. The molecule has 1 amide bonds. The van der Waals surface area contributed by atoms with Crippen molar-refractivity contribution in [3.63, 3.8) is 0 Å². The average Bonchev–Trinajstić information content (AvgIpc) is 2.54.